The van der Waals surface area contributed by atoms with Crippen LogP contribution >= 0.6 is 23.2 Å². The first kappa shape index (κ1) is 17.7. The van der Waals surface area contributed by atoms with E-state index in [0.717, 1.165) is 36.2 Å². The summed E-state index contributed by atoms with van der Waals surface area (Å²) in [6.45, 7) is 7.42. The molecule has 1 aliphatic heterocycles. The van der Waals surface area contributed by atoms with Crippen LogP contribution in [0.3, 0.4) is 0 Å². The first-order valence-corrected chi connectivity index (χ1v) is 9.69. The van der Waals surface area contributed by atoms with E-state index in [1.165, 1.54) is 5.69 Å². The SMILES string of the molecule is CC1CNCCN1c1ccc2ncn([C@H](C)c3ccc(Cl)cc3Cl)c2c1. The summed E-state index contributed by atoms with van der Waals surface area (Å²) >= 11 is 12.5. The quantitative estimate of drug-likeness (QED) is 0.702. The predicted molar refractivity (Wildman–Crippen MR) is 110 cm³/mol. The van der Waals surface area contributed by atoms with Crippen molar-refractivity contribution in [3.8, 4) is 0 Å². The molecule has 0 amide bonds. The number of piperazine rings is 1. The van der Waals surface area contributed by atoms with Gasteiger partial charge in [0.05, 0.1) is 23.4 Å². The molecule has 0 spiro atoms. The van der Waals surface area contributed by atoms with Gasteiger partial charge in [-0.1, -0.05) is 29.3 Å². The van der Waals surface area contributed by atoms with Crippen LogP contribution < -0.4 is 10.2 Å². The molecule has 4 nitrogen and oxygen atoms in total. The van der Waals surface area contributed by atoms with Gasteiger partial charge in [-0.3, -0.25) is 0 Å². The second-order valence-corrected chi connectivity index (χ2v) is 7.76. The molecule has 1 saturated heterocycles. The van der Waals surface area contributed by atoms with Crippen LogP contribution in [0.15, 0.2) is 42.7 Å². The Morgan fingerprint density at radius 3 is 2.81 bits per heavy atom. The Hall–Kier alpha value is -1.75. The molecule has 0 bridgehead atoms. The highest BCUT2D eigenvalue weighted by Crippen LogP contribution is 2.32. The molecule has 6 heteroatoms. The summed E-state index contributed by atoms with van der Waals surface area (Å²) in [4.78, 5) is 7.03. The van der Waals surface area contributed by atoms with Crippen LogP contribution in [-0.2, 0) is 0 Å². The molecule has 1 aliphatic rings. The summed E-state index contributed by atoms with van der Waals surface area (Å²) in [7, 11) is 0. The number of anilines is 1. The third-order valence-corrected chi connectivity index (χ3v) is 5.78. The van der Waals surface area contributed by atoms with Gasteiger partial charge in [-0.2, -0.15) is 0 Å². The second-order valence-electron chi connectivity index (χ2n) is 6.91. The summed E-state index contributed by atoms with van der Waals surface area (Å²) in [6.07, 6.45) is 1.89. The van der Waals surface area contributed by atoms with Crippen LogP contribution in [0, 0.1) is 0 Å². The Morgan fingerprint density at radius 2 is 2.04 bits per heavy atom. The number of rotatable bonds is 3. The van der Waals surface area contributed by atoms with E-state index >= 15 is 0 Å². The van der Waals surface area contributed by atoms with E-state index in [1.807, 2.05) is 18.5 Å². The van der Waals surface area contributed by atoms with Crippen LogP contribution in [0.1, 0.15) is 25.5 Å². The highest BCUT2D eigenvalue weighted by Gasteiger charge is 2.20. The molecule has 1 fully saturated rings. The molecule has 136 valence electrons. The fraction of sp³-hybridized carbons (Fsp3) is 0.350. The summed E-state index contributed by atoms with van der Waals surface area (Å²) in [6, 6.07) is 12.7. The van der Waals surface area contributed by atoms with Gasteiger partial charge in [-0.05, 0) is 49.7 Å². The Balaban J connectivity index is 1.74. The second kappa shape index (κ2) is 7.10. The number of hydrogen-bond donors (Lipinski definition) is 1. The van der Waals surface area contributed by atoms with E-state index in [0.29, 0.717) is 16.1 Å². The van der Waals surface area contributed by atoms with Crippen LogP contribution in [0.4, 0.5) is 5.69 Å². The number of nitrogens with zero attached hydrogens (tertiary/aromatic N) is 3. The molecule has 26 heavy (non-hydrogen) atoms. The van der Waals surface area contributed by atoms with Crippen molar-refractivity contribution in [3.63, 3.8) is 0 Å². The maximum Gasteiger partial charge on any atom is 0.0964 e. The molecule has 3 aromatic rings. The molecule has 1 N–H and O–H groups in total. The topological polar surface area (TPSA) is 33.1 Å². The van der Waals surface area contributed by atoms with Gasteiger partial charge in [-0.15, -0.1) is 0 Å². The monoisotopic (exact) mass is 388 g/mol. The van der Waals surface area contributed by atoms with E-state index in [4.69, 9.17) is 23.2 Å². The van der Waals surface area contributed by atoms with Crippen LogP contribution in [-0.4, -0.2) is 35.2 Å². The average Bonchev–Trinajstić information content (AvgIpc) is 3.05. The first-order chi connectivity index (χ1) is 12.5. The number of nitrogens with one attached hydrogen (secondary N) is 1. The minimum absolute atomic E-state index is 0.0699. The molecular weight excluding hydrogens is 367 g/mol. The van der Waals surface area contributed by atoms with Gasteiger partial charge in [0.2, 0.25) is 0 Å². The van der Waals surface area contributed by atoms with Gasteiger partial charge in [0.25, 0.3) is 0 Å². The largest absolute Gasteiger partial charge is 0.366 e. The Labute approximate surface area is 163 Å². The van der Waals surface area contributed by atoms with Crippen LogP contribution in [0.2, 0.25) is 10.0 Å². The number of imidazole rings is 1. The minimum atomic E-state index is 0.0699. The number of aromatic nitrogens is 2. The highest BCUT2D eigenvalue weighted by molar-refractivity contribution is 6.35. The number of fused-ring (bicyclic) bond motifs is 1. The molecule has 2 heterocycles. The van der Waals surface area contributed by atoms with Crippen molar-refractivity contribution in [3.05, 3.63) is 58.3 Å². The lowest BCUT2D eigenvalue weighted by Crippen LogP contribution is -2.49. The average molecular weight is 389 g/mol. The molecule has 1 aromatic heterocycles. The van der Waals surface area contributed by atoms with Crippen molar-refractivity contribution in [2.24, 2.45) is 0 Å². The van der Waals surface area contributed by atoms with E-state index < -0.39 is 0 Å². The molecule has 0 aliphatic carbocycles. The van der Waals surface area contributed by atoms with Crippen LogP contribution in [0.25, 0.3) is 11.0 Å². The molecular formula is C20H22Cl2N4. The third-order valence-electron chi connectivity index (χ3n) is 5.22. The number of hydrogen-bond acceptors (Lipinski definition) is 3. The van der Waals surface area contributed by atoms with Crippen molar-refractivity contribution in [1.29, 1.82) is 0 Å². The predicted octanol–water partition coefficient (Wildman–Crippen LogP) is 4.75. The Kier molecular flexibility index (Phi) is 4.82. The van der Waals surface area contributed by atoms with Gasteiger partial charge in [-0.25, -0.2) is 4.98 Å². The molecule has 2 aromatic carbocycles. The van der Waals surface area contributed by atoms with Crippen molar-refractivity contribution >= 4 is 39.9 Å². The van der Waals surface area contributed by atoms with E-state index in [2.05, 4.69) is 51.8 Å². The highest BCUT2D eigenvalue weighted by atomic mass is 35.5. The van der Waals surface area contributed by atoms with E-state index in [-0.39, 0.29) is 6.04 Å². The molecule has 0 radical (unpaired) electrons. The minimum Gasteiger partial charge on any atom is -0.366 e. The summed E-state index contributed by atoms with van der Waals surface area (Å²) in [5.74, 6) is 0. The smallest absolute Gasteiger partial charge is 0.0964 e. The first-order valence-electron chi connectivity index (χ1n) is 8.93. The molecule has 0 saturated carbocycles. The van der Waals surface area contributed by atoms with E-state index in [1.54, 1.807) is 6.07 Å². The van der Waals surface area contributed by atoms with Crippen molar-refractivity contribution in [2.45, 2.75) is 25.9 Å². The zero-order chi connectivity index (χ0) is 18.3. The third kappa shape index (κ3) is 3.18. The van der Waals surface area contributed by atoms with Crippen molar-refractivity contribution in [2.75, 3.05) is 24.5 Å². The summed E-state index contributed by atoms with van der Waals surface area (Å²) in [5.41, 5.74) is 4.39. The van der Waals surface area contributed by atoms with Crippen molar-refractivity contribution < 1.29 is 0 Å². The lowest BCUT2D eigenvalue weighted by molar-refractivity contribution is 0.501. The normalized spacial score (nSPS) is 19.1. The van der Waals surface area contributed by atoms with Gasteiger partial charge in [0, 0.05) is 41.4 Å². The van der Waals surface area contributed by atoms with Gasteiger partial charge < -0.3 is 14.8 Å². The Morgan fingerprint density at radius 1 is 1.19 bits per heavy atom. The van der Waals surface area contributed by atoms with Gasteiger partial charge in [0.15, 0.2) is 0 Å². The van der Waals surface area contributed by atoms with Crippen molar-refractivity contribution in [1.82, 2.24) is 14.9 Å². The molecule has 4 rings (SSSR count). The maximum atomic E-state index is 6.43. The standard InChI is InChI=1S/C20H22Cl2N4/c1-13-11-23-7-8-25(13)16-4-6-19-20(10-16)26(12-24-19)14(2)17-5-3-15(21)9-18(17)22/h3-6,9-10,12-14,23H,7-8,11H2,1-2H3/t13?,14-/m1/s1. The zero-order valence-corrected chi connectivity index (χ0v) is 16.4. The lowest BCUT2D eigenvalue weighted by atomic mass is 10.1. The lowest BCUT2D eigenvalue weighted by Gasteiger charge is -2.36. The molecule has 1 unspecified atom stereocenters. The number of benzene rings is 2. The summed E-state index contributed by atoms with van der Waals surface area (Å²) < 4.78 is 2.18. The van der Waals surface area contributed by atoms with E-state index in [9.17, 15) is 0 Å². The fourth-order valence-electron chi connectivity index (χ4n) is 3.72. The van der Waals surface area contributed by atoms with Gasteiger partial charge in [0.1, 0.15) is 0 Å². The number of halogens is 2. The van der Waals surface area contributed by atoms with Gasteiger partial charge >= 0.3 is 0 Å². The zero-order valence-electron chi connectivity index (χ0n) is 14.9. The fourth-order valence-corrected chi connectivity index (χ4v) is 4.28. The van der Waals surface area contributed by atoms with Crippen LogP contribution in [0.5, 0.6) is 0 Å². The summed E-state index contributed by atoms with van der Waals surface area (Å²) in [5, 5.41) is 4.77. The maximum absolute atomic E-state index is 6.43. The molecule has 2 atom stereocenters. The Bertz CT molecular complexity index is 937.